The van der Waals surface area contributed by atoms with Gasteiger partial charge in [0.15, 0.2) is 0 Å². The van der Waals surface area contributed by atoms with Gasteiger partial charge in [0.1, 0.15) is 17.9 Å². The SMILES string of the molecule is CCc1cc([N+](=O)[O-])c(NC[C@@H](O)[C@@H](O)[C@H](O)CO)cc1Br. The van der Waals surface area contributed by atoms with Crippen LogP contribution in [-0.4, -0.2) is 56.8 Å². The minimum absolute atomic E-state index is 0.149. The molecule has 0 heterocycles. The minimum Gasteiger partial charge on any atom is -0.394 e. The van der Waals surface area contributed by atoms with Crippen LogP contribution >= 0.6 is 15.9 Å². The van der Waals surface area contributed by atoms with Gasteiger partial charge in [0.2, 0.25) is 0 Å². The van der Waals surface area contributed by atoms with Gasteiger partial charge in [0.05, 0.1) is 17.6 Å². The highest BCUT2D eigenvalue weighted by molar-refractivity contribution is 9.10. The average molecular weight is 379 g/mol. The number of aryl methyl sites for hydroxylation is 1. The first kappa shape index (κ1) is 18.8. The van der Waals surface area contributed by atoms with Crippen LogP contribution in [0.15, 0.2) is 16.6 Å². The van der Waals surface area contributed by atoms with Gasteiger partial charge in [-0.1, -0.05) is 22.9 Å². The van der Waals surface area contributed by atoms with Crippen LogP contribution in [0.25, 0.3) is 0 Å². The molecule has 8 nitrogen and oxygen atoms in total. The molecule has 22 heavy (non-hydrogen) atoms. The zero-order chi connectivity index (χ0) is 16.9. The molecule has 3 atom stereocenters. The van der Waals surface area contributed by atoms with Crippen LogP contribution in [0.2, 0.25) is 0 Å². The molecule has 5 N–H and O–H groups in total. The summed E-state index contributed by atoms with van der Waals surface area (Å²) in [4.78, 5) is 10.6. The number of benzene rings is 1. The van der Waals surface area contributed by atoms with Crippen molar-refractivity contribution < 1.29 is 25.3 Å². The third kappa shape index (κ3) is 4.62. The molecular weight excluding hydrogens is 360 g/mol. The Morgan fingerprint density at radius 1 is 1.32 bits per heavy atom. The van der Waals surface area contributed by atoms with Crippen molar-refractivity contribution in [3.05, 3.63) is 32.3 Å². The predicted molar refractivity (Wildman–Crippen MR) is 83.8 cm³/mol. The van der Waals surface area contributed by atoms with E-state index in [0.717, 1.165) is 5.56 Å². The van der Waals surface area contributed by atoms with Crippen molar-refractivity contribution in [3.63, 3.8) is 0 Å². The average Bonchev–Trinajstić information content (AvgIpc) is 2.50. The Labute approximate surface area is 135 Å². The maximum absolute atomic E-state index is 11.1. The Bertz CT molecular complexity index is 527. The third-order valence-electron chi connectivity index (χ3n) is 3.22. The highest BCUT2D eigenvalue weighted by atomic mass is 79.9. The molecule has 0 bridgehead atoms. The molecule has 1 aromatic carbocycles. The summed E-state index contributed by atoms with van der Waals surface area (Å²) in [5.74, 6) is 0. The maximum Gasteiger partial charge on any atom is 0.292 e. The van der Waals surface area contributed by atoms with Gasteiger partial charge in [0.25, 0.3) is 5.69 Å². The van der Waals surface area contributed by atoms with E-state index >= 15 is 0 Å². The molecule has 0 saturated heterocycles. The summed E-state index contributed by atoms with van der Waals surface area (Å²) < 4.78 is 0.688. The number of rotatable bonds is 8. The van der Waals surface area contributed by atoms with Crippen LogP contribution in [0.4, 0.5) is 11.4 Å². The highest BCUT2D eigenvalue weighted by Gasteiger charge is 2.25. The fourth-order valence-electron chi connectivity index (χ4n) is 1.87. The normalized spacial score (nSPS) is 15.2. The van der Waals surface area contributed by atoms with Gasteiger partial charge >= 0.3 is 0 Å². The van der Waals surface area contributed by atoms with E-state index in [1.165, 1.54) is 12.1 Å². The second-order valence-corrected chi connectivity index (χ2v) is 5.61. The number of nitro benzene ring substituents is 1. The minimum atomic E-state index is -1.56. The number of nitrogens with one attached hydrogen (secondary N) is 1. The summed E-state index contributed by atoms with van der Waals surface area (Å²) in [6.07, 6.45) is -3.83. The van der Waals surface area contributed by atoms with Crippen molar-refractivity contribution in [1.82, 2.24) is 0 Å². The number of halogens is 1. The van der Waals surface area contributed by atoms with Gasteiger partial charge in [0, 0.05) is 17.1 Å². The largest absolute Gasteiger partial charge is 0.394 e. The van der Waals surface area contributed by atoms with Gasteiger partial charge in [-0.15, -0.1) is 0 Å². The van der Waals surface area contributed by atoms with E-state index in [1.54, 1.807) is 0 Å². The number of anilines is 1. The molecule has 1 aromatic rings. The standard InChI is InChI=1S/C13H19BrN2O6/c1-2-7-3-10(16(21)22)9(4-8(7)14)15-5-11(18)13(20)12(19)6-17/h3-4,11-13,15,17-20H,2,5-6H2,1H3/t11-,12-,13-/m1/s1. The Morgan fingerprint density at radius 2 is 1.95 bits per heavy atom. The van der Waals surface area contributed by atoms with Gasteiger partial charge in [-0.2, -0.15) is 0 Å². The number of nitrogens with zero attached hydrogens (tertiary/aromatic N) is 1. The first-order valence-corrected chi connectivity index (χ1v) is 7.46. The second kappa shape index (κ2) is 8.39. The van der Waals surface area contributed by atoms with Crippen molar-refractivity contribution in [2.75, 3.05) is 18.5 Å². The molecule has 1 rings (SSSR count). The third-order valence-corrected chi connectivity index (χ3v) is 3.96. The lowest BCUT2D eigenvalue weighted by Gasteiger charge is -2.22. The Kier molecular flexibility index (Phi) is 7.17. The number of nitro groups is 1. The predicted octanol–water partition coefficient (Wildman–Crippen LogP) is 0.407. The molecule has 0 spiro atoms. The summed E-state index contributed by atoms with van der Waals surface area (Å²) in [5.41, 5.74) is 0.803. The summed E-state index contributed by atoms with van der Waals surface area (Å²) >= 11 is 3.31. The molecule has 0 aromatic heterocycles. The summed E-state index contributed by atoms with van der Waals surface area (Å²) in [5, 5.41) is 51.0. The topological polar surface area (TPSA) is 136 Å². The lowest BCUT2D eigenvalue weighted by Crippen LogP contribution is -2.42. The molecule has 0 saturated carbocycles. The fourth-order valence-corrected chi connectivity index (χ4v) is 2.49. The quantitative estimate of drug-likeness (QED) is 0.326. The molecule has 0 aliphatic carbocycles. The van der Waals surface area contributed by atoms with Crippen LogP contribution < -0.4 is 5.32 Å². The van der Waals surface area contributed by atoms with E-state index in [1.807, 2.05) is 6.92 Å². The molecule has 0 amide bonds. The summed E-state index contributed by atoms with van der Waals surface area (Å²) in [7, 11) is 0. The van der Waals surface area contributed by atoms with Crippen molar-refractivity contribution in [2.24, 2.45) is 0 Å². The molecule has 0 unspecified atom stereocenters. The van der Waals surface area contributed by atoms with Crippen molar-refractivity contribution in [2.45, 2.75) is 31.7 Å². The number of aliphatic hydroxyl groups is 4. The molecule has 0 radical (unpaired) electrons. The molecular formula is C13H19BrN2O6. The van der Waals surface area contributed by atoms with Gasteiger partial charge in [-0.05, 0) is 18.1 Å². The van der Waals surface area contributed by atoms with E-state index in [2.05, 4.69) is 21.2 Å². The molecule has 9 heteroatoms. The van der Waals surface area contributed by atoms with Crippen LogP contribution in [-0.2, 0) is 6.42 Å². The van der Waals surface area contributed by atoms with Crippen LogP contribution in [0.1, 0.15) is 12.5 Å². The van der Waals surface area contributed by atoms with E-state index in [-0.39, 0.29) is 17.9 Å². The zero-order valence-corrected chi connectivity index (χ0v) is 13.5. The van der Waals surface area contributed by atoms with E-state index in [0.29, 0.717) is 10.9 Å². The van der Waals surface area contributed by atoms with Crippen molar-refractivity contribution >= 4 is 27.3 Å². The highest BCUT2D eigenvalue weighted by Crippen LogP contribution is 2.31. The lowest BCUT2D eigenvalue weighted by molar-refractivity contribution is -0.384. The molecule has 0 fully saturated rings. The number of hydrogen-bond donors (Lipinski definition) is 5. The summed E-state index contributed by atoms with van der Waals surface area (Å²) in [6, 6.07) is 2.95. The van der Waals surface area contributed by atoms with Crippen LogP contribution in [0.5, 0.6) is 0 Å². The van der Waals surface area contributed by atoms with Crippen LogP contribution in [0, 0.1) is 10.1 Å². The zero-order valence-electron chi connectivity index (χ0n) is 11.9. The molecule has 0 aliphatic heterocycles. The smallest absolute Gasteiger partial charge is 0.292 e. The Hall–Kier alpha value is -1.26. The van der Waals surface area contributed by atoms with Crippen molar-refractivity contribution in [3.8, 4) is 0 Å². The summed E-state index contributed by atoms with van der Waals surface area (Å²) in [6.45, 7) is 0.944. The van der Waals surface area contributed by atoms with Crippen LogP contribution in [0.3, 0.4) is 0 Å². The van der Waals surface area contributed by atoms with E-state index in [4.69, 9.17) is 5.11 Å². The molecule has 0 aliphatic rings. The monoisotopic (exact) mass is 378 g/mol. The Morgan fingerprint density at radius 3 is 2.45 bits per heavy atom. The number of aliphatic hydroxyl groups excluding tert-OH is 4. The maximum atomic E-state index is 11.1. The second-order valence-electron chi connectivity index (χ2n) is 4.76. The van der Waals surface area contributed by atoms with Crippen molar-refractivity contribution in [1.29, 1.82) is 0 Å². The first-order chi connectivity index (χ1) is 10.3. The molecule has 124 valence electrons. The Balaban J connectivity index is 2.89. The van der Waals surface area contributed by atoms with Gasteiger partial charge < -0.3 is 25.7 Å². The van der Waals surface area contributed by atoms with E-state index in [9.17, 15) is 25.4 Å². The number of hydrogen-bond acceptors (Lipinski definition) is 7. The fraction of sp³-hybridized carbons (Fsp3) is 0.538. The van der Waals surface area contributed by atoms with Gasteiger partial charge in [-0.25, -0.2) is 0 Å². The van der Waals surface area contributed by atoms with Gasteiger partial charge in [-0.3, -0.25) is 10.1 Å². The first-order valence-electron chi connectivity index (χ1n) is 6.67. The van der Waals surface area contributed by atoms with E-state index < -0.39 is 29.8 Å². The lowest BCUT2D eigenvalue weighted by atomic mass is 10.1.